The summed E-state index contributed by atoms with van der Waals surface area (Å²) in [5.74, 6) is -0.443. The fraction of sp³-hybridized carbons (Fsp3) is 0.370. The van der Waals surface area contributed by atoms with Crippen molar-refractivity contribution in [2.75, 3.05) is 23.3 Å². The molecule has 0 bridgehead atoms. The van der Waals surface area contributed by atoms with Gasteiger partial charge in [-0.3, -0.25) is 19.3 Å². The number of imide groups is 1. The maximum absolute atomic E-state index is 12.9. The zero-order valence-corrected chi connectivity index (χ0v) is 21.2. The van der Waals surface area contributed by atoms with Crippen LogP contribution in [0.25, 0.3) is 6.08 Å². The van der Waals surface area contributed by atoms with E-state index in [0.717, 1.165) is 40.8 Å². The highest BCUT2D eigenvalue weighted by atomic mass is 32.2. The summed E-state index contributed by atoms with van der Waals surface area (Å²) in [4.78, 5) is 41.7. The van der Waals surface area contributed by atoms with Crippen LogP contribution in [0.4, 0.5) is 16.2 Å². The predicted molar refractivity (Wildman–Crippen MR) is 139 cm³/mol. The van der Waals surface area contributed by atoms with Gasteiger partial charge in [0.1, 0.15) is 6.54 Å². The molecule has 0 spiro atoms. The number of thioether (sulfide) groups is 1. The van der Waals surface area contributed by atoms with Gasteiger partial charge in [-0.05, 0) is 92.8 Å². The second-order valence-electron chi connectivity index (χ2n) is 9.61. The lowest BCUT2D eigenvalue weighted by atomic mass is 9.79. The molecular formula is C27H31N3O3S. The highest BCUT2D eigenvalue weighted by molar-refractivity contribution is 8.18. The SMILES string of the molecule is CCN1c2ccc(/C=C3\SC(=O)N(CC(=O)Nc4ccccc4C)C3=O)cc2[C@@H](C)CC1(C)C. The maximum atomic E-state index is 12.9. The standard InChI is InChI=1S/C27H31N3O3S/c1-6-30-22-12-11-19(13-20(22)18(3)15-27(30,4)5)14-23-25(32)29(26(33)34-23)16-24(31)28-21-10-8-7-9-17(21)2/h7-14,18H,6,15-16H2,1-5H3,(H,28,31)/b23-14-/t18-/m0/s1. The number of rotatable bonds is 5. The fourth-order valence-corrected chi connectivity index (χ4v) is 5.87. The van der Waals surface area contributed by atoms with Crippen LogP contribution in [-0.2, 0) is 9.59 Å². The van der Waals surface area contributed by atoms with Crippen LogP contribution >= 0.6 is 11.8 Å². The first-order chi connectivity index (χ1) is 16.1. The summed E-state index contributed by atoms with van der Waals surface area (Å²) in [5.41, 5.74) is 5.04. The van der Waals surface area contributed by atoms with E-state index < -0.39 is 17.1 Å². The Hall–Kier alpha value is -3.06. The third kappa shape index (κ3) is 4.62. The molecule has 7 heteroatoms. The molecule has 0 aromatic heterocycles. The number of nitrogens with zero attached hydrogens (tertiary/aromatic N) is 2. The van der Waals surface area contributed by atoms with Crippen LogP contribution in [-0.4, -0.2) is 40.6 Å². The molecule has 2 aromatic carbocycles. The van der Waals surface area contributed by atoms with Gasteiger partial charge in [-0.15, -0.1) is 0 Å². The number of aryl methyl sites for hydroxylation is 1. The molecule has 34 heavy (non-hydrogen) atoms. The van der Waals surface area contributed by atoms with Gasteiger partial charge in [0.2, 0.25) is 5.91 Å². The van der Waals surface area contributed by atoms with Gasteiger partial charge in [-0.1, -0.05) is 31.2 Å². The molecule has 2 aromatic rings. The number of nitrogens with one attached hydrogen (secondary N) is 1. The molecule has 1 N–H and O–H groups in total. The summed E-state index contributed by atoms with van der Waals surface area (Å²) in [7, 11) is 0. The van der Waals surface area contributed by atoms with Crippen molar-refractivity contribution in [3.8, 4) is 0 Å². The third-order valence-electron chi connectivity index (χ3n) is 6.62. The van der Waals surface area contributed by atoms with Crippen molar-refractivity contribution in [1.82, 2.24) is 4.90 Å². The topological polar surface area (TPSA) is 69.7 Å². The number of carbonyl (C=O) groups is 3. The molecule has 2 aliphatic rings. The van der Waals surface area contributed by atoms with Gasteiger partial charge in [0.25, 0.3) is 11.1 Å². The molecule has 0 aliphatic carbocycles. The van der Waals surface area contributed by atoms with E-state index in [1.807, 2.05) is 31.2 Å². The minimum Gasteiger partial charge on any atom is -0.366 e. The van der Waals surface area contributed by atoms with E-state index in [0.29, 0.717) is 16.5 Å². The molecule has 6 nitrogen and oxygen atoms in total. The molecule has 3 amide bonds. The third-order valence-corrected chi connectivity index (χ3v) is 7.53. The molecule has 2 aliphatic heterocycles. The quantitative estimate of drug-likeness (QED) is 0.553. The monoisotopic (exact) mass is 477 g/mol. The van der Waals surface area contributed by atoms with E-state index in [1.54, 1.807) is 12.1 Å². The zero-order valence-electron chi connectivity index (χ0n) is 20.3. The predicted octanol–water partition coefficient (Wildman–Crippen LogP) is 5.78. The van der Waals surface area contributed by atoms with Crippen LogP contribution in [0.1, 0.15) is 56.7 Å². The average molecular weight is 478 g/mol. The number of amides is 3. The second-order valence-corrected chi connectivity index (χ2v) is 10.6. The van der Waals surface area contributed by atoms with Gasteiger partial charge in [0.05, 0.1) is 4.91 Å². The van der Waals surface area contributed by atoms with Gasteiger partial charge in [0.15, 0.2) is 0 Å². The molecule has 178 valence electrons. The molecule has 0 unspecified atom stereocenters. The Morgan fingerprint density at radius 3 is 2.65 bits per heavy atom. The Labute approximate surface area is 205 Å². The first-order valence-corrected chi connectivity index (χ1v) is 12.4. The van der Waals surface area contributed by atoms with Crippen LogP contribution in [0.3, 0.4) is 0 Å². The van der Waals surface area contributed by atoms with Crippen LogP contribution < -0.4 is 10.2 Å². The van der Waals surface area contributed by atoms with E-state index in [4.69, 9.17) is 0 Å². The van der Waals surface area contributed by atoms with Gasteiger partial charge in [0, 0.05) is 23.5 Å². The highest BCUT2D eigenvalue weighted by Gasteiger charge is 2.37. The zero-order chi connectivity index (χ0) is 24.6. The Kier molecular flexibility index (Phi) is 6.58. The summed E-state index contributed by atoms with van der Waals surface area (Å²) < 4.78 is 0. The number of anilines is 2. The van der Waals surface area contributed by atoms with Gasteiger partial charge < -0.3 is 10.2 Å². The van der Waals surface area contributed by atoms with Crippen LogP contribution in [0.2, 0.25) is 0 Å². The molecule has 1 atom stereocenters. The summed E-state index contributed by atoms with van der Waals surface area (Å²) >= 11 is 0.879. The van der Waals surface area contributed by atoms with Crippen molar-refractivity contribution in [2.24, 2.45) is 0 Å². The first-order valence-electron chi connectivity index (χ1n) is 11.6. The fourth-order valence-electron chi connectivity index (χ4n) is 5.03. The van der Waals surface area contributed by atoms with E-state index in [2.05, 4.69) is 50.0 Å². The Bertz CT molecular complexity index is 1190. The van der Waals surface area contributed by atoms with Crippen LogP contribution in [0, 0.1) is 6.92 Å². The van der Waals surface area contributed by atoms with Crippen molar-refractivity contribution in [2.45, 2.75) is 52.5 Å². The molecule has 0 radical (unpaired) electrons. The summed E-state index contributed by atoms with van der Waals surface area (Å²) in [6, 6.07) is 13.6. The number of benzene rings is 2. The molecule has 1 fully saturated rings. The molecular weight excluding hydrogens is 446 g/mol. The molecule has 2 heterocycles. The van der Waals surface area contributed by atoms with E-state index >= 15 is 0 Å². The summed E-state index contributed by atoms with van der Waals surface area (Å²) in [5, 5.41) is 2.35. The molecule has 4 rings (SSSR count). The molecule has 0 saturated carbocycles. The Morgan fingerprint density at radius 2 is 1.94 bits per heavy atom. The minimum absolute atomic E-state index is 0.0875. The Morgan fingerprint density at radius 1 is 1.21 bits per heavy atom. The summed E-state index contributed by atoms with van der Waals surface area (Å²) in [6.45, 7) is 11.5. The van der Waals surface area contributed by atoms with Crippen molar-refractivity contribution in [3.63, 3.8) is 0 Å². The minimum atomic E-state index is -0.433. The highest BCUT2D eigenvalue weighted by Crippen LogP contribution is 2.44. The number of para-hydroxylation sites is 1. The van der Waals surface area contributed by atoms with Crippen molar-refractivity contribution in [1.29, 1.82) is 0 Å². The molecule has 1 saturated heterocycles. The lowest BCUT2D eigenvalue weighted by molar-refractivity contribution is -0.127. The van der Waals surface area contributed by atoms with Gasteiger partial charge >= 0.3 is 0 Å². The van der Waals surface area contributed by atoms with E-state index in [-0.39, 0.29) is 12.1 Å². The lowest BCUT2D eigenvalue weighted by Crippen LogP contribution is -2.48. The van der Waals surface area contributed by atoms with Crippen molar-refractivity contribution in [3.05, 3.63) is 64.1 Å². The van der Waals surface area contributed by atoms with Crippen molar-refractivity contribution >= 4 is 46.3 Å². The average Bonchev–Trinajstić information content (AvgIpc) is 3.02. The number of hydrogen-bond acceptors (Lipinski definition) is 5. The second kappa shape index (κ2) is 9.29. The summed E-state index contributed by atoms with van der Waals surface area (Å²) in [6.07, 6.45) is 2.80. The first kappa shape index (κ1) is 24.1. The van der Waals surface area contributed by atoms with E-state index in [1.165, 1.54) is 11.3 Å². The van der Waals surface area contributed by atoms with Crippen LogP contribution in [0.15, 0.2) is 47.4 Å². The smallest absolute Gasteiger partial charge is 0.294 e. The largest absolute Gasteiger partial charge is 0.366 e. The number of carbonyl (C=O) groups excluding carboxylic acids is 3. The van der Waals surface area contributed by atoms with Gasteiger partial charge in [-0.25, -0.2) is 0 Å². The normalized spacial score (nSPS) is 20.6. The van der Waals surface area contributed by atoms with Gasteiger partial charge in [-0.2, -0.15) is 0 Å². The maximum Gasteiger partial charge on any atom is 0.294 e. The number of fused-ring (bicyclic) bond motifs is 1. The number of hydrogen-bond donors (Lipinski definition) is 1. The van der Waals surface area contributed by atoms with Crippen molar-refractivity contribution < 1.29 is 14.4 Å². The lowest BCUT2D eigenvalue weighted by Gasteiger charge is -2.47. The van der Waals surface area contributed by atoms with E-state index in [9.17, 15) is 14.4 Å². The van der Waals surface area contributed by atoms with Crippen LogP contribution in [0.5, 0.6) is 0 Å². The Balaban J connectivity index is 1.52.